The molecule has 2 aliphatic rings. The second-order valence-electron chi connectivity index (χ2n) is 8.27. The minimum atomic E-state index is -1.75. The van der Waals surface area contributed by atoms with Gasteiger partial charge in [-0.05, 0) is 46.4 Å². The number of likely N-dealkylation sites (N-methyl/N-ethyl adjacent to an activating group) is 2. The van der Waals surface area contributed by atoms with Crippen LogP contribution in [0.25, 0.3) is 0 Å². The van der Waals surface area contributed by atoms with E-state index in [0.717, 1.165) is 6.54 Å². The van der Waals surface area contributed by atoms with Gasteiger partial charge in [-0.2, -0.15) is 0 Å². The molecule has 0 heterocycles. The van der Waals surface area contributed by atoms with Gasteiger partial charge in [-0.25, -0.2) is 0 Å². The van der Waals surface area contributed by atoms with Crippen LogP contribution >= 0.6 is 0 Å². The molecule has 0 fully saturated rings. The molecule has 0 amide bonds. The molecule has 2 unspecified atom stereocenters. The van der Waals surface area contributed by atoms with E-state index in [0.29, 0.717) is 25.3 Å². The number of carbonyl (C=O) groups is 2. The summed E-state index contributed by atoms with van der Waals surface area (Å²) in [7, 11) is 7.69. The van der Waals surface area contributed by atoms with E-state index in [2.05, 4.69) is 10.6 Å². The number of hydrogen-bond acceptors (Lipinski definition) is 8. The lowest BCUT2D eigenvalue weighted by atomic mass is 9.70. The molecule has 2 atom stereocenters. The van der Waals surface area contributed by atoms with Crippen LogP contribution in [0, 0.1) is 5.92 Å². The van der Waals surface area contributed by atoms with Gasteiger partial charge in [-0.1, -0.05) is 12.1 Å². The maximum Gasteiger partial charge on any atom is 0.196 e. The summed E-state index contributed by atoms with van der Waals surface area (Å²) in [5.41, 5.74) is -0.789. The smallest absolute Gasteiger partial charge is 0.196 e. The normalized spacial score (nSPS) is 23.2. The van der Waals surface area contributed by atoms with Crippen molar-refractivity contribution in [3.8, 4) is 0 Å². The van der Waals surface area contributed by atoms with Crippen molar-refractivity contribution in [3.05, 3.63) is 52.8 Å². The first-order valence-corrected chi connectivity index (χ1v) is 10.0. The number of rotatable bonds is 8. The van der Waals surface area contributed by atoms with E-state index in [1.165, 1.54) is 12.2 Å². The van der Waals surface area contributed by atoms with Crippen molar-refractivity contribution in [3.63, 3.8) is 0 Å². The van der Waals surface area contributed by atoms with Crippen molar-refractivity contribution in [2.24, 2.45) is 5.92 Å². The zero-order valence-electron chi connectivity index (χ0n) is 17.9. The predicted molar refractivity (Wildman–Crippen MR) is 116 cm³/mol. The summed E-state index contributed by atoms with van der Waals surface area (Å²) in [4.78, 5) is 30.7. The molecule has 8 nitrogen and oxygen atoms in total. The SMILES string of the molecule is CN(C)CCNc1cccc2c1C(=O)C1=C(O)C=CC(O)(NCCN(C)C)C1C2=O. The summed E-state index contributed by atoms with van der Waals surface area (Å²) in [6.45, 7) is 2.38. The second kappa shape index (κ2) is 8.69. The summed E-state index contributed by atoms with van der Waals surface area (Å²) in [6.07, 6.45) is 2.63. The maximum absolute atomic E-state index is 13.4. The number of benzene rings is 1. The van der Waals surface area contributed by atoms with Gasteiger partial charge in [0.15, 0.2) is 11.6 Å². The van der Waals surface area contributed by atoms with Crippen molar-refractivity contribution < 1.29 is 19.8 Å². The Balaban J connectivity index is 1.99. The standard InChI is InChI=1S/C22H30N4O4/c1-25(2)12-10-23-15-7-5-6-14-17(15)21(29)18-16(27)8-9-22(30,19(18)20(14)28)24-11-13-26(3)4/h5-9,19,23-24,27,30H,10-13H2,1-4H3. The van der Waals surface area contributed by atoms with E-state index in [1.54, 1.807) is 18.2 Å². The number of carbonyl (C=O) groups excluding carboxylic acids is 2. The van der Waals surface area contributed by atoms with Crippen LogP contribution in [-0.4, -0.2) is 91.7 Å². The summed E-state index contributed by atoms with van der Waals surface area (Å²) < 4.78 is 0. The molecule has 0 aliphatic heterocycles. The number of anilines is 1. The largest absolute Gasteiger partial charge is 0.508 e. The molecule has 1 aromatic rings. The summed E-state index contributed by atoms with van der Waals surface area (Å²) >= 11 is 0. The van der Waals surface area contributed by atoms with Gasteiger partial charge in [0.05, 0.1) is 11.1 Å². The first kappa shape index (κ1) is 22.2. The van der Waals surface area contributed by atoms with Crippen LogP contribution in [0.3, 0.4) is 0 Å². The molecule has 2 aliphatic carbocycles. The number of hydrogen-bond donors (Lipinski definition) is 4. The summed E-state index contributed by atoms with van der Waals surface area (Å²) in [6, 6.07) is 5.06. The van der Waals surface area contributed by atoms with Gasteiger partial charge in [0.1, 0.15) is 17.4 Å². The lowest BCUT2D eigenvalue weighted by Crippen LogP contribution is -2.58. The Morgan fingerprint density at radius 2 is 1.73 bits per heavy atom. The average Bonchev–Trinajstić information content (AvgIpc) is 2.67. The van der Waals surface area contributed by atoms with Crippen LogP contribution in [0.4, 0.5) is 5.69 Å². The number of nitrogens with one attached hydrogen (secondary N) is 2. The Kier molecular flexibility index (Phi) is 6.42. The fourth-order valence-electron chi connectivity index (χ4n) is 3.83. The fourth-order valence-corrected chi connectivity index (χ4v) is 3.83. The zero-order valence-corrected chi connectivity index (χ0v) is 17.9. The van der Waals surface area contributed by atoms with Crippen LogP contribution in [0.15, 0.2) is 41.7 Å². The van der Waals surface area contributed by atoms with Gasteiger partial charge < -0.3 is 25.3 Å². The fraction of sp³-hybridized carbons (Fsp3) is 0.455. The Labute approximate surface area is 176 Å². The number of ketones is 2. The Morgan fingerprint density at radius 3 is 2.40 bits per heavy atom. The number of nitrogens with zero attached hydrogens (tertiary/aromatic N) is 2. The van der Waals surface area contributed by atoms with E-state index in [-0.39, 0.29) is 22.5 Å². The zero-order chi connectivity index (χ0) is 22.1. The summed E-state index contributed by atoms with van der Waals surface area (Å²) in [5, 5.41) is 27.9. The molecule has 0 saturated heterocycles. The van der Waals surface area contributed by atoms with Gasteiger partial charge in [-0.3, -0.25) is 14.9 Å². The first-order valence-electron chi connectivity index (χ1n) is 10.0. The van der Waals surface area contributed by atoms with E-state index < -0.39 is 23.2 Å². The van der Waals surface area contributed by atoms with Crippen molar-refractivity contribution in [2.45, 2.75) is 5.72 Å². The third-order valence-corrected chi connectivity index (χ3v) is 5.41. The molecule has 162 valence electrons. The molecule has 0 bridgehead atoms. The molecule has 0 radical (unpaired) electrons. The monoisotopic (exact) mass is 414 g/mol. The molecule has 0 spiro atoms. The van der Waals surface area contributed by atoms with E-state index in [9.17, 15) is 19.8 Å². The highest BCUT2D eigenvalue weighted by Gasteiger charge is 2.51. The number of allylic oxidation sites excluding steroid dienone is 1. The molecule has 0 aromatic heterocycles. The van der Waals surface area contributed by atoms with E-state index in [4.69, 9.17) is 0 Å². The molecule has 1 aromatic carbocycles. The Hall–Kier alpha value is -2.52. The van der Waals surface area contributed by atoms with Crippen LogP contribution in [0.1, 0.15) is 20.7 Å². The molecule has 30 heavy (non-hydrogen) atoms. The van der Waals surface area contributed by atoms with Crippen LogP contribution in [0.5, 0.6) is 0 Å². The number of Topliss-reactive ketones (excluding diaryl/α,β-unsaturated/α-hetero) is 2. The van der Waals surface area contributed by atoms with Crippen molar-refractivity contribution in [1.29, 1.82) is 0 Å². The van der Waals surface area contributed by atoms with Gasteiger partial charge in [0.2, 0.25) is 0 Å². The Bertz CT molecular complexity index is 906. The molecule has 3 rings (SSSR count). The maximum atomic E-state index is 13.4. The van der Waals surface area contributed by atoms with Gasteiger partial charge in [-0.15, -0.1) is 0 Å². The highest BCUT2D eigenvalue weighted by atomic mass is 16.3. The van der Waals surface area contributed by atoms with Gasteiger partial charge in [0, 0.05) is 37.4 Å². The lowest BCUT2D eigenvalue weighted by molar-refractivity contribution is 0.00714. The average molecular weight is 415 g/mol. The molecular formula is C22H30N4O4. The highest BCUT2D eigenvalue weighted by Crippen LogP contribution is 2.42. The second-order valence-corrected chi connectivity index (χ2v) is 8.27. The highest BCUT2D eigenvalue weighted by molar-refractivity contribution is 6.26. The van der Waals surface area contributed by atoms with Crippen LogP contribution in [0.2, 0.25) is 0 Å². The van der Waals surface area contributed by atoms with Crippen LogP contribution < -0.4 is 10.6 Å². The number of aliphatic hydroxyl groups excluding tert-OH is 1. The van der Waals surface area contributed by atoms with Gasteiger partial charge in [0.25, 0.3) is 0 Å². The van der Waals surface area contributed by atoms with E-state index in [1.807, 2.05) is 38.0 Å². The predicted octanol–water partition coefficient (Wildman–Crippen LogP) is 0.877. The van der Waals surface area contributed by atoms with Crippen molar-refractivity contribution >= 4 is 17.3 Å². The third-order valence-electron chi connectivity index (χ3n) is 5.41. The Morgan fingerprint density at radius 1 is 1.07 bits per heavy atom. The topological polar surface area (TPSA) is 105 Å². The third kappa shape index (κ3) is 4.17. The minimum Gasteiger partial charge on any atom is -0.508 e. The van der Waals surface area contributed by atoms with Crippen LogP contribution in [-0.2, 0) is 0 Å². The first-order chi connectivity index (χ1) is 14.2. The lowest BCUT2D eigenvalue weighted by Gasteiger charge is -2.40. The quantitative estimate of drug-likeness (QED) is 0.465. The number of fused-ring (bicyclic) bond motifs is 2. The number of aliphatic hydroxyl groups is 2. The summed E-state index contributed by atoms with van der Waals surface area (Å²) in [5.74, 6) is -2.34. The van der Waals surface area contributed by atoms with E-state index >= 15 is 0 Å². The molecule has 8 heteroatoms. The molecule has 4 N–H and O–H groups in total. The van der Waals surface area contributed by atoms with Crippen molar-refractivity contribution in [2.75, 3.05) is 59.7 Å². The van der Waals surface area contributed by atoms with Crippen molar-refractivity contribution in [1.82, 2.24) is 15.1 Å². The van der Waals surface area contributed by atoms with Gasteiger partial charge >= 0.3 is 0 Å². The molecular weight excluding hydrogens is 384 g/mol. The minimum absolute atomic E-state index is 0.0725. The molecule has 0 saturated carbocycles.